The maximum Gasteiger partial charge on any atom is 0.417 e. The lowest BCUT2D eigenvalue weighted by atomic mass is 10.1. The van der Waals surface area contributed by atoms with Crippen molar-refractivity contribution in [3.8, 4) is 6.07 Å². The van der Waals surface area contributed by atoms with Gasteiger partial charge in [-0.15, -0.1) is 0 Å². The zero-order chi connectivity index (χ0) is 20.2. The summed E-state index contributed by atoms with van der Waals surface area (Å²) in [6.07, 6.45) is -3.47. The molecule has 0 fully saturated rings. The summed E-state index contributed by atoms with van der Waals surface area (Å²) in [6, 6.07) is 10.0. The first kappa shape index (κ1) is 20.8. The second kappa shape index (κ2) is 8.46. The molecule has 4 nitrogen and oxygen atoms in total. The summed E-state index contributed by atoms with van der Waals surface area (Å²) in [7, 11) is 0. The first-order valence-electron chi connectivity index (χ1n) is 7.43. The smallest absolute Gasteiger partial charge is 0.360 e. The predicted molar refractivity (Wildman–Crippen MR) is 101 cm³/mol. The van der Waals surface area contributed by atoms with Crippen LogP contribution in [0, 0.1) is 18.3 Å². The molecule has 0 radical (unpaired) electrons. The van der Waals surface area contributed by atoms with Gasteiger partial charge in [-0.05, 0) is 48.9 Å². The van der Waals surface area contributed by atoms with Crippen molar-refractivity contribution >= 4 is 44.8 Å². The number of benzene rings is 2. The van der Waals surface area contributed by atoms with E-state index in [1.807, 2.05) is 13.0 Å². The Labute approximate surface area is 166 Å². The molecule has 0 aliphatic rings. The average molecular weight is 459 g/mol. The molecule has 2 rings (SSSR count). The van der Waals surface area contributed by atoms with Gasteiger partial charge in [0.05, 0.1) is 10.6 Å². The maximum atomic E-state index is 12.9. The minimum absolute atomic E-state index is 0.127. The molecular formula is C18H12BrClF3N3O. The molecular weight excluding hydrogens is 447 g/mol. The number of amides is 1. The third kappa shape index (κ3) is 5.49. The number of nitriles is 1. The summed E-state index contributed by atoms with van der Waals surface area (Å²) in [5, 5.41) is 13.8. The van der Waals surface area contributed by atoms with Crippen molar-refractivity contribution in [2.75, 3.05) is 10.6 Å². The van der Waals surface area contributed by atoms with E-state index in [4.69, 9.17) is 16.9 Å². The van der Waals surface area contributed by atoms with E-state index in [0.29, 0.717) is 11.8 Å². The van der Waals surface area contributed by atoms with E-state index >= 15 is 0 Å². The van der Waals surface area contributed by atoms with E-state index in [-0.39, 0.29) is 11.3 Å². The standard InChI is InChI=1S/C18H12BrClF3N3O/c1-10-6-12(19)2-5-16(10)25-9-11(8-24)17(27)26-13-3-4-15(20)14(7-13)18(21,22)23/h2-7,9,25H,1H3,(H,26,27)/b11-9-. The molecule has 0 unspecified atom stereocenters. The first-order chi connectivity index (χ1) is 12.6. The van der Waals surface area contributed by atoms with E-state index in [2.05, 4.69) is 26.6 Å². The van der Waals surface area contributed by atoms with Gasteiger partial charge in [0.15, 0.2) is 0 Å². The number of hydrogen-bond donors (Lipinski definition) is 2. The number of hydrogen-bond acceptors (Lipinski definition) is 3. The Morgan fingerprint density at radius 3 is 2.56 bits per heavy atom. The van der Waals surface area contributed by atoms with E-state index in [0.717, 1.165) is 16.1 Å². The highest BCUT2D eigenvalue weighted by atomic mass is 79.9. The van der Waals surface area contributed by atoms with Crippen molar-refractivity contribution in [1.29, 1.82) is 5.26 Å². The Balaban J connectivity index is 2.19. The first-order valence-corrected chi connectivity index (χ1v) is 8.60. The SMILES string of the molecule is Cc1cc(Br)ccc1N/C=C(/C#N)C(=O)Nc1ccc(Cl)c(C(F)(F)F)c1. The van der Waals surface area contributed by atoms with Crippen molar-refractivity contribution in [1.82, 2.24) is 0 Å². The van der Waals surface area contributed by atoms with Crippen LogP contribution < -0.4 is 10.6 Å². The number of nitrogens with one attached hydrogen (secondary N) is 2. The fourth-order valence-electron chi connectivity index (χ4n) is 2.11. The summed E-state index contributed by atoms with van der Waals surface area (Å²) in [4.78, 5) is 12.2. The van der Waals surface area contributed by atoms with Crippen molar-refractivity contribution in [2.45, 2.75) is 13.1 Å². The van der Waals surface area contributed by atoms with Gasteiger partial charge in [0.2, 0.25) is 0 Å². The molecule has 2 aromatic carbocycles. The molecule has 0 spiro atoms. The highest BCUT2D eigenvalue weighted by Gasteiger charge is 2.33. The lowest BCUT2D eigenvalue weighted by Gasteiger charge is -2.12. The highest BCUT2D eigenvalue weighted by Crippen LogP contribution is 2.36. The van der Waals surface area contributed by atoms with Crippen LogP contribution >= 0.6 is 27.5 Å². The zero-order valence-corrected chi connectivity index (χ0v) is 16.1. The van der Waals surface area contributed by atoms with E-state index in [9.17, 15) is 18.0 Å². The van der Waals surface area contributed by atoms with Crippen molar-refractivity contribution in [3.63, 3.8) is 0 Å². The van der Waals surface area contributed by atoms with Crippen molar-refractivity contribution in [3.05, 3.63) is 68.8 Å². The fraction of sp³-hybridized carbons (Fsp3) is 0.111. The molecule has 0 aliphatic heterocycles. The lowest BCUT2D eigenvalue weighted by Crippen LogP contribution is -2.15. The second-order valence-electron chi connectivity index (χ2n) is 5.42. The topological polar surface area (TPSA) is 64.9 Å². The van der Waals surface area contributed by atoms with Gasteiger partial charge in [-0.25, -0.2) is 0 Å². The minimum atomic E-state index is -4.66. The summed E-state index contributed by atoms with van der Waals surface area (Å²) < 4.78 is 39.5. The Bertz CT molecular complexity index is 952. The predicted octanol–water partition coefficient (Wildman–Crippen LogP) is 5.89. The number of anilines is 2. The van der Waals surface area contributed by atoms with Gasteiger partial charge < -0.3 is 10.6 Å². The van der Waals surface area contributed by atoms with Crippen LogP contribution in [0.3, 0.4) is 0 Å². The van der Waals surface area contributed by atoms with Crippen LogP contribution in [-0.4, -0.2) is 5.91 Å². The zero-order valence-electron chi connectivity index (χ0n) is 13.8. The largest absolute Gasteiger partial charge is 0.417 e. The molecule has 0 saturated carbocycles. The lowest BCUT2D eigenvalue weighted by molar-refractivity contribution is -0.137. The molecule has 0 heterocycles. The van der Waals surface area contributed by atoms with Gasteiger partial charge >= 0.3 is 6.18 Å². The Kier molecular flexibility index (Phi) is 6.52. The quantitative estimate of drug-likeness (QED) is 0.444. The normalized spacial score (nSPS) is 11.7. The van der Waals surface area contributed by atoms with Gasteiger partial charge in [-0.1, -0.05) is 27.5 Å². The van der Waals surface area contributed by atoms with E-state index < -0.39 is 22.7 Å². The molecule has 0 bridgehead atoms. The monoisotopic (exact) mass is 457 g/mol. The molecule has 0 aromatic heterocycles. The van der Waals surface area contributed by atoms with Crippen LogP contribution in [0.2, 0.25) is 5.02 Å². The molecule has 9 heteroatoms. The molecule has 0 saturated heterocycles. The Morgan fingerprint density at radius 1 is 1.26 bits per heavy atom. The van der Waals surface area contributed by atoms with Gasteiger partial charge in [0.25, 0.3) is 5.91 Å². The number of carbonyl (C=O) groups is 1. The van der Waals surface area contributed by atoms with Crippen LogP contribution in [0.4, 0.5) is 24.5 Å². The second-order valence-corrected chi connectivity index (χ2v) is 6.74. The Morgan fingerprint density at radius 2 is 1.96 bits per heavy atom. The number of nitrogens with zero attached hydrogens (tertiary/aromatic N) is 1. The van der Waals surface area contributed by atoms with E-state index in [1.54, 1.807) is 18.2 Å². The highest BCUT2D eigenvalue weighted by molar-refractivity contribution is 9.10. The van der Waals surface area contributed by atoms with Crippen LogP contribution in [0.5, 0.6) is 0 Å². The third-order valence-corrected chi connectivity index (χ3v) is 4.28. The third-order valence-electron chi connectivity index (χ3n) is 3.46. The molecule has 0 atom stereocenters. The van der Waals surface area contributed by atoms with Gasteiger partial charge in [-0.2, -0.15) is 18.4 Å². The van der Waals surface area contributed by atoms with Crippen LogP contribution in [0.25, 0.3) is 0 Å². The molecule has 0 aliphatic carbocycles. The van der Waals surface area contributed by atoms with Gasteiger partial charge in [0, 0.05) is 22.0 Å². The summed E-state index contributed by atoms with van der Waals surface area (Å²) in [5.74, 6) is -0.852. The number of alkyl halides is 3. The summed E-state index contributed by atoms with van der Waals surface area (Å²) >= 11 is 8.87. The molecule has 27 heavy (non-hydrogen) atoms. The number of aryl methyl sites for hydroxylation is 1. The average Bonchev–Trinajstić information content (AvgIpc) is 2.57. The Hall–Kier alpha value is -2.50. The van der Waals surface area contributed by atoms with Crippen molar-refractivity contribution < 1.29 is 18.0 Å². The van der Waals surface area contributed by atoms with Crippen LogP contribution in [0.1, 0.15) is 11.1 Å². The number of halogens is 5. The maximum absolute atomic E-state index is 12.9. The minimum Gasteiger partial charge on any atom is -0.360 e. The summed E-state index contributed by atoms with van der Waals surface area (Å²) in [5.41, 5.74) is 0.0297. The molecule has 2 N–H and O–H groups in total. The summed E-state index contributed by atoms with van der Waals surface area (Å²) in [6.45, 7) is 1.83. The fourth-order valence-corrected chi connectivity index (χ4v) is 2.81. The van der Waals surface area contributed by atoms with Gasteiger partial charge in [0.1, 0.15) is 11.6 Å². The number of rotatable bonds is 4. The van der Waals surface area contributed by atoms with Crippen LogP contribution in [-0.2, 0) is 11.0 Å². The van der Waals surface area contributed by atoms with Crippen molar-refractivity contribution in [2.24, 2.45) is 0 Å². The number of carbonyl (C=O) groups excluding carboxylic acids is 1. The molecule has 140 valence electrons. The molecule has 1 amide bonds. The van der Waals surface area contributed by atoms with Gasteiger partial charge in [-0.3, -0.25) is 4.79 Å². The van der Waals surface area contributed by atoms with Crippen LogP contribution in [0.15, 0.2) is 52.6 Å². The molecule has 2 aromatic rings. The van der Waals surface area contributed by atoms with E-state index in [1.165, 1.54) is 12.3 Å².